The number of fused-ring (bicyclic) bond motifs is 1. The van der Waals surface area contributed by atoms with Crippen LogP contribution in [0.1, 0.15) is 48.5 Å². The van der Waals surface area contributed by atoms with Crippen molar-refractivity contribution < 1.29 is 9.59 Å². The summed E-state index contributed by atoms with van der Waals surface area (Å²) in [6, 6.07) is 15.2. The number of benzene rings is 2. The largest absolute Gasteiger partial charge is 0.335 e. The van der Waals surface area contributed by atoms with E-state index in [-0.39, 0.29) is 18.0 Å². The van der Waals surface area contributed by atoms with Crippen molar-refractivity contribution in [2.75, 3.05) is 16.8 Å². The quantitative estimate of drug-likeness (QED) is 0.822. The molecular weight excluding hydrogens is 350 g/mol. The van der Waals surface area contributed by atoms with Crippen molar-refractivity contribution in [2.24, 2.45) is 5.92 Å². The summed E-state index contributed by atoms with van der Waals surface area (Å²) in [7, 11) is 0. The minimum Gasteiger partial charge on any atom is -0.335 e. The van der Waals surface area contributed by atoms with E-state index in [1.807, 2.05) is 35.2 Å². The minimum absolute atomic E-state index is 0.0325. The number of para-hydroxylation sites is 1. The molecule has 1 aliphatic carbocycles. The first kappa shape index (κ1) is 18.5. The van der Waals surface area contributed by atoms with E-state index < -0.39 is 0 Å². The number of nitrogens with zero attached hydrogens (tertiary/aromatic N) is 1. The fraction of sp³-hybridized carbons (Fsp3) is 0.391. The van der Waals surface area contributed by atoms with Crippen molar-refractivity contribution in [1.82, 2.24) is 5.32 Å². The Morgan fingerprint density at radius 3 is 2.71 bits per heavy atom. The summed E-state index contributed by atoms with van der Waals surface area (Å²) >= 11 is 0. The molecule has 1 fully saturated rings. The number of urea groups is 1. The Bertz CT molecular complexity index is 880. The van der Waals surface area contributed by atoms with Crippen molar-refractivity contribution in [3.05, 3.63) is 59.7 Å². The minimum atomic E-state index is -0.199. The Balaban J connectivity index is 1.43. The summed E-state index contributed by atoms with van der Waals surface area (Å²) in [5.41, 5.74) is 3.40. The Labute approximate surface area is 166 Å². The molecular formula is C23H27N3O2. The summed E-state index contributed by atoms with van der Waals surface area (Å²) in [6.45, 7) is 2.88. The molecule has 28 heavy (non-hydrogen) atoms. The van der Waals surface area contributed by atoms with E-state index in [9.17, 15) is 9.59 Å². The smallest absolute Gasteiger partial charge is 0.319 e. The second kappa shape index (κ2) is 8.05. The summed E-state index contributed by atoms with van der Waals surface area (Å²) in [6.07, 6.45) is 5.47. The van der Waals surface area contributed by atoms with E-state index in [2.05, 4.69) is 23.6 Å². The van der Waals surface area contributed by atoms with Gasteiger partial charge in [-0.25, -0.2) is 4.79 Å². The molecule has 2 atom stereocenters. The van der Waals surface area contributed by atoms with Crippen LogP contribution < -0.4 is 15.5 Å². The van der Waals surface area contributed by atoms with Crippen molar-refractivity contribution in [2.45, 2.75) is 45.1 Å². The van der Waals surface area contributed by atoms with Crippen LogP contribution in [0.25, 0.3) is 0 Å². The average Bonchev–Trinajstić information content (AvgIpc) is 3.13. The predicted octanol–water partition coefficient (Wildman–Crippen LogP) is 4.59. The van der Waals surface area contributed by atoms with Gasteiger partial charge in [-0.1, -0.05) is 44.0 Å². The van der Waals surface area contributed by atoms with Gasteiger partial charge >= 0.3 is 6.03 Å². The molecule has 146 valence electrons. The molecule has 2 unspecified atom stereocenters. The van der Waals surface area contributed by atoms with Crippen molar-refractivity contribution in [1.29, 1.82) is 0 Å². The third kappa shape index (κ3) is 3.88. The molecule has 1 saturated carbocycles. The zero-order chi connectivity index (χ0) is 19.5. The van der Waals surface area contributed by atoms with Gasteiger partial charge in [0.2, 0.25) is 0 Å². The molecule has 2 aromatic rings. The maximum absolute atomic E-state index is 13.0. The Hall–Kier alpha value is -2.82. The van der Waals surface area contributed by atoms with Crippen LogP contribution in [0, 0.1) is 5.92 Å². The molecule has 2 aliphatic rings. The second-order valence-electron chi connectivity index (χ2n) is 7.88. The van der Waals surface area contributed by atoms with Gasteiger partial charge in [0.05, 0.1) is 0 Å². The number of hydrogen-bond acceptors (Lipinski definition) is 2. The highest BCUT2D eigenvalue weighted by Gasteiger charge is 2.26. The maximum atomic E-state index is 13.0. The van der Waals surface area contributed by atoms with Crippen molar-refractivity contribution in [3.63, 3.8) is 0 Å². The normalized spacial score (nSPS) is 21.1. The van der Waals surface area contributed by atoms with Crippen LogP contribution in [0.2, 0.25) is 0 Å². The first-order chi connectivity index (χ1) is 13.6. The number of nitrogens with one attached hydrogen (secondary N) is 2. The zero-order valence-electron chi connectivity index (χ0n) is 16.3. The first-order valence-electron chi connectivity index (χ1n) is 10.2. The SMILES string of the molecule is CC1CCCCC1NC(=O)Nc1cccc(C(=O)N2CCc3ccccc32)c1. The van der Waals surface area contributed by atoms with Crippen molar-refractivity contribution in [3.8, 4) is 0 Å². The third-order valence-corrected chi connectivity index (χ3v) is 5.93. The van der Waals surface area contributed by atoms with Gasteiger partial charge in [0.15, 0.2) is 0 Å². The van der Waals surface area contributed by atoms with Crippen LogP contribution in [-0.4, -0.2) is 24.5 Å². The van der Waals surface area contributed by atoms with E-state index in [4.69, 9.17) is 0 Å². The van der Waals surface area contributed by atoms with E-state index in [1.54, 1.807) is 12.1 Å². The number of rotatable bonds is 3. The maximum Gasteiger partial charge on any atom is 0.319 e. The molecule has 0 spiro atoms. The van der Waals surface area contributed by atoms with Gasteiger partial charge < -0.3 is 15.5 Å². The van der Waals surface area contributed by atoms with Gasteiger partial charge in [0.1, 0.15) is 0 Å². The molecule has 5 nitrogen and oxygen atoms in total. The topological polar surface area (TPSA) is 61.4 Å². The third-order valence-electron chi connectivity index (χ3n) is 5.93. The molecule has 0 bridgehead atoms. The molecule has 1 heterocycles. The fourth-order valence-electron chi connectivity index (χ4n) is 4.30. The summed E-state index contributed by atoms with van der Waals surface area (Å²) in [4.78, 5) is 27.2. The zero-order valence-corrected chi connectivity index (χ0v) is 16.3. The van der Waals surface area contributed by atoms with Crippen LogP contribution in [0.15, 0.2) is 48.5 Å². The van der Waals surface area contributed by atoms with Crippen molar-refractivity contribution >= 4 is 23.3 Å². The molecule has 2 N–H and O–H groups in total. The van der Waals surface area contributed by atoms with E-state index in [0.717, 1.165) is 31.4 Å². The monoisotopic (exact) mass is 377 g/mol. The number of hydrogen-bond donors (Lipinski definition) is 2. The van der Waals surface area contributed by atoms with Gasteiger partial charge in [-0.2, -0.15) is 0 Å². The predicted molar refractivity (Wildman–Crippen MR) is 112 cm³/mol. The summed E-state index contributed by atoms with van der Waals surface area (Å²) < 4.78 is 0. The van der Waals surface area contributed by atoms with Crippen LogP contribution >= 0.6 is 0 Å². The Morgan fingerprint density at radius 2 is 1.86 bits per heavy atom. The molecule has 0 radical (unpaired) electrons. The summed E-state index contributed by atoms with van der Waals surface area (Å²) in [5, 5.41) is 5.98. The van der Waals surface area contributed by atoms with Crippen LogP contribution in [0.4, 0.5) is 16.2 Å². The first-order valence-corrected chi connectivity index (χ1v) is 10.2. The van der Waals surface area contributed by atoms with Gasteiger partial charge in [-0.3, -0.25) is 4.79 Å². The molecule has 1 aliphatic heterocycles. The molecule has 5 heteroatoms. The standard InChI is InChI=1S/C23H27N3O2/c1-16-7-2-4-11-20(16)25-23(28)24-19-10-6-9-18(15-19)22(27)26-14-13-17-8-3-5-12-21(17)26/h3,5-6,8-10,12,15-16,20H,2,4,7,11,13-14H2,1H3,(H2,24,25,28). The Morgan fingerprint density at radius 1 is 1.04 bits per heavy atom. The Kier molecular flexibility index (Phi) is 5.33. The lowest BCUT2D eigenvalue weighted by molar-refractivity contribution is 0.0989. The highest BCUT2D eigenvalue weighted by molar-refractivity contribution is 6.08. The highest BCUT2D eigenvalue weighted by atomic mass is 16.2. The second-order valence-corrected chi connectivity index (χ2v) is 7.88. The number of anilines is 2. The van der Waals surface area contributed by atoms with Crippen LogP contribution in [0.5, 0.6) is 0 Å². The van der Waals surface area contributed by atoms with Gasteiger partial charge in [-0.15, -0.1) is 0 Å². The number of carbonyl (C=O) groups is 2. The van der Waals surface area contributed by atoms with E-state index in [0.29, 0.717) is 23.7 Å². The molecule has 0 aromatic heterocycles. The van der Waals surface area contributed by atoms with Crippen LogP contribution in [-0.2, 0) is 6.42 Å². The fourth-order valence-corrected chi connectivity index (χ4v) is 4.30. The lowest BCUT2D eigenvalue weighted by atomic mass is 9.86. The average molecular weight is 377 g/mol. The lowest BCUT2D eigenvalue weighted by Gasteiger charge is -2.29. The molecule has 2 aromatic carbocycles. The van der Waals surface area contributed by atoms with Gasteiger partial charge in [-0.05, 0) is 55.0 Å². The highest BCUT2D eigenvalue weighted by Crippen LogP contribution is 2.29. The van der Waals surface area contributed by atoms with Gasteiger partial charge in [0, 0.05) is 29.5 Å². The van der Waals surface area contributed by atoms with E-state index in [1.165, 1.54) is 12.0 Å². The van der Waals surface area contributed by atoms with Crippen LogP contribution in [0.3, 0.4) is 0 Å². The van der Waals surface area contributed by atoms with E-state index >= 15 is 0 Å². The number of amides is 3. The molecule has 3 amide bonds. The summed E-state index contributed by atoms with van der Waals surface area (Å²) in [5.74, 6) is 0.470. The molecule has 4 rings (SSSR count). The van der Waals surface area contributed by atoms with Gasteiger partial charge in [0.25, 0.3) is 5.91 Å². The lowest BCUT2D eigenvalue weighted by Crippen LogP contribution is -2.43. The molecule has 0 saturated heterocycles. The number of carbonyl (C=O) groups excluding carboxylic acids is 2.